The van der Waals surface area contributed by atoms with Crippen LogP contribution in [0.3, 0.4) is 0 Å². The lowest BCUT2D eigenvalue weighted by molar-refractivity contribution is -0.134. The van der Waals surface area contributed by atoms with Crippen molar-refractivity contribution < 1.29 is 14.3 Å². The van der Waals surface area contributed by atoms with Crippen molar-refractivity contribution in [3.8, 4) is 16.9 Å². The van der Waals surface area contributed by atoms with E-state index >= 15 is 0 Å². The summed E-state index contributed by atoms with van der Waals surface area (Å²) in [5.74, 6) is 0.441. The monoisotopic (exact) mass is 446 g/mol. The largest absolute Gasteiger partial charge is 0.496 e. The Morgan fingerprint density at radius 1 is 1.09 bits per heavy atom. The molecule has 1 aliphatic rings. The Labute approximate surface area is 194 Å². The molecule has 1 N–H and O–H groups in total. The fourth-order valence-corrected chi connectivity index (χ4v) is 4.51. The van der Waals surface area contributed by atoms with Crippen LogP contribution in [0.1, 0.15) is 29.4 Å². The number of ether oxygens (including phenoxy) is 1. The quantitative estimate of drug-likeness (QED) is 0.601. The fraction of sp³-hybridized carbons (Fsp3) is 0.346. The van der Waals surface area contributed by atoms with Crippen molar-refractivity contribution in [1.82, 2.24) is 20.0 Å². The van der Waals surface area contributed by atoms with Gasteiger partial charge < -0.3 is 14.5 Å². The van der Waals surface area contributed by atoms with Gasteiger partial charge >= 0.3 is 0 Å². The average Bonchev–Trinajstić information content (AvgIpc) is 3.34. The number of nitrogens with one attached hydrogen (secondary N) is 1. The van der Waals surface area contributed by atoms with E-state index in [0.717, 1.165) is 28.9 Å². The molecule has 0 aliphatic carbocycles. The van der Waals surface area contributed by atoms with E-state index < -0.39 is 0 Å². The van der Waals surface area contributed by atoms with Gasteiger partial charge in [0, 0.05) is 37.9 Å². The van der Waals surface area contributed by atoms with E-state index in [0.29, 0.717) is 38.3 Å². The molecule has 33 heavy (non-hydrogen) atoms. The zero-order chi connectivity index (χ0) is 23.2. The van der Waals surface area contributed by atoms with E-state index in [1.165, 1.54) is 0 Å². The predicted molar refractivity (Wildman–Crippen MR) is 127 cm³/mol. The smallest absolute Gasteiger partial charge is 0.271 e. The maximum absolute atomic E-state index is 13.5. The summed E-state index contributed by atoms with van der Waals surface area (Å²) in [6.07, 6.45) is 2.99. The second-order valence-electron chi connectivity index (χ2n) is 8.31. The maximum atomic E-state index is 13.5. The van der Waals surface area contributed by atoms with Crippen LogP contribution in [-0.2, 0) is 11.2 Å². The first-order valence-corrected chi connectivity index (χ1v) is 11.4. The molecule has 172 valence electrons. The number of hydrogen-bond donors (Lipinski definition) is 1. The topological polar surface area (TPSA) is 78.5 Å². The lowest BCUT2D eigenvalue weighted by Gasteiger charge is -2.24. The van der Waals surface area contributed by atoms with Crippen LogP contribution in [0.5, 0.6) is 5.75 Å². The molecule has 2 amide bonds. The van der Waals surface area contributed by atoms with Crippen molar-refractivity contribution in [3.63, 3.8) is 0 Å². The zero-order valence-corrected chi connectivity index (χ0v) is 19.2. The van der Waals surface area contributed by atoms with Crippen molar-refractivity contribution >= 4 is 11.8 Å². The molecule has 7 heteroatoms. The highest BCUT2D eigenvalue weighted by molar-refractivity contribution is 5.93. The molecule has 0 unspecified atom stereocenters. The molecule has 1 atom stereocenters. The standard InChI is InChI=1S/C26H30N4O3/c1-3-14-29-15-16-30(26(32)23-12-13-27-28-23)18-20(25(29)31)17-19-8-4-5-9-21(19)22-10-6-7-11-24(22)33-2/h4-13,20H,3,14-18H2,1-2H3,(H,27,28)/t20-/m1/s1. The molecular formula is C26H30N4O3. The Bertz CT molecular complexity index is 1100. The number of carbonyl (C=O) groups is 2. The summed E-state index contributed by atoms with van der Waals surface area (Å²) in [5, 5.41) is 6.66. The van der Waals surface area contributed by atoms with Gasteiger partial charge in [0.05, 0.1) is 13.0 Å². The Morgan fingerprint density at radius 2 is 1.85 bits per heavy atom. The summed E-state index contributed by atoms with van der Waals surface area (Å²) in [6.45, 7) is 4.18. The van der Waals surface area contributed by atoms with E-state index in [-0.39, 0.29) is 17.7 Å². The van der Waals surface area contributed by atoms with Crippen LogP contribution < -0.4 is 4.74 Å². The predicted octanol–water partition coefficient (Wildman–Crippen LogP) is 3.64. The second-order valence-corrected chi connectivity index (χ2v) is 8.31. The number of carbonyl (C=O) groups excluding carboxylic acids is 2. The third kappa shape index (κ3) is 4.92. The SMILES string of the molecule is CCCN1CCN(C(=O)c2ccn[nH]2)C[C@@H](Cc2ccccc2-c2ccccc2OC)C1=O. The van der Waals surface area contributed by atoms with Gasteiger partial charge in [-0.05, 0) is 36.1 Å². The maximum Gasteiger partial charge on any atom is 0.271 e. The van der Waals surface area contributed by atoms with Crippen LogP contribution in [0.4, 0.5) is 0 Å². The molecule has 1 aliphatic heterocycles. The van der Waals surface area contributed by atoms with Gasteiger partial charge in [0.25, 0.3) is 5.91 Å². The van der Waals surface area contributed by atoms with Crippen LogP contribution >= 0.6 is 0 Å². The summed E-state index contributed by atoms with van der Waals surface area (Å²) in [5.41, 5.74) is 3.54. The summed E-state index contributed by atoms with van der Waals surface area (Å²) in [7, 11) is 1.66. The number of hydrogen-bond acceptors (Lipinski definition) is 4. The number of benzene rings is 2. The number of aromatic nitrogens is 2. The molecule has 1 saturated heterocycles. The van der Waals surface area contributed by atoms with Gasteiger partial charge in [-0.25, -0.2) is 0 Å². The highest BCUT2D eigenvalue weighted by Crippen LogP contribution is 2.33. The zero-order valence-electron chi connectivity index (χ0n) is 19.2. The molecular weight excluding hydrogens is 416 g/mol. The molecule has 2 heterocycles. The minimum Gasteiger partial charge on any atom is -0.496 e. The highest BCUT2D eigenvalue weighted by Gasteiger charge is 2.33. The first-order valence-electron chi connectivity index (χ1n) is 11.4. The number of para-hydroxylation sites is 1. The van der Waals surface area contributed by atoms with Crippen molar-refractivity contribution in [1.29, 1.82) is 0 Å². The third-order valence-electron chi connectivity index (χ3n) is 6.13. The minimum atomic E-state index is -0.332. The Hall–Kier alpha value is -3.61. The lowest BCUT2D eigenvalue weighted by atomic mass is 9.91. The van der Waals surface area contributed by atoms with E-state index in [2.05, 4.69) is 29.3 Å². The molecule has 7 nitrogen and oxygen atoms in total. The van der Waals surface area contributed by atoms with Crippen LogP contribution in [0.2, 0.25) is 0 Å². The van der Waals surface area contributed by atoms with Crippen LogP contribution in [-0.4, -0.2) is 65.1 Å². The molecule has 1 aromatic heterocycles. The Kier molecular flexibility index (Phi) is 7.07. The molecule has 0 radical (unpaired) electrons. The van der Waals surface area contributed by atoms with Crippen molar-refractivity contribution in [2.45, 2.75) is 19.8 Å². The highest BCUT2D eigenvalue weighted by atomic mass is 16.5. The molecule has 3 aromatic rings. The summed E-state index contributed by atoms with van der Waals surface area (Å²) >= 11 is 0. The Morgan fingerprint density at radius 3 is 2.58 bits per heavy atom. The molecule has 2 aromatic carbocycles. The van der Waals surface area contributed by atoms with Gasteiger partial charge in [-0.3, -0.25) is 14.7 Å². The van der Waals surface area contributed by atoms with E-state index in [4.69, 9.17) is 4.74 Å². The summed E-state index contributed by atoms with van der Waals surface area (Å²) in [4.78, 5) is 30.2. The van der Waals surface area contributed by atoms with Crippen LogP contribution in [0.25, 0.3) is 11.1 Å². The number of methoxy groups -OCH3 is 1. The molecule has 4 rings (SSSR count). The Balaban J connectivity index is 1.66. The van der Waals surface area contributed by atoms with Crippen LogP contribution in [0.15, 0.2) is 60.8 Å². The fourth-order valence-electron chi connectivity index (χ4n) is 4.51. The normalized spacial score (nSPS) is 16.5. The second kappa shape index (κ2) is 10.3. The average molecular weight is 447 g/mol. The van der Waals surface area contributed by atoms with Gasteiger partial charge in [0.1, 0.15) is 11.4 Å². The number of H-pyrrole nitrogens is 1. The lowest BCUT2D eigenvalue weighted by Crippen LogP contribution is -2.38. The molecule has 0 spiro atoms. The van der Waals surface area contributed by atoms with Crippen molar-refractivity contribution in [2.24, 2.45) is 5.92 Å². The van der Waals surface area contributed by atoms with Crippen molar-refractivity contribution in [2.75, 3.05) is 33.3 Å². The number of nitrogens with zero attached hydrogens (tertiary/aromatic N) is 3. The first kappa shape index (κ1) is 22.6. The van der Waals surface area contributed by atoms with E-state index in [1.807, 2.05) is 41.3 Å². The van der Waals surface area contributed by atoms with Gasteiger partial charge in [0.2, 0.25) is 5.91 Å². The third-order valence-corrected chi connectivity index (χ3v) is 6.13. The molecule has 0 bridgehead atoms. The van der Waals surface area contributed by atoms with Gasteiger partial charge in [-0.2, -0.15) is 5.10 Å². The number of rotatable bonds is 7. The summed E-state index contributed by atoms with van der Waals surface area (Å²) in [6, 6.07) is 17.7. The summed E-state index contributed by atoms with van der Waals surface area (Å²) < 4.78 is 5.59. The van der Waals surface area contributed by atoms with Gasteiger partial charge in [0.15, 0.2) is 0 Å². The van der Waals surface area contributed by atoms with Crippen molar-refractivity contribution in [3.05, 3.63) is 72.1 Å². The van der Waals surface area contributed by atoms with E-state index in [1.54, 1.807) is 24.3 Å². The van der Waals surface area contributed by atoms with Crippen LogP contribution in [0, 0.1) is 5.92 Å². The van der Waals surface area contributed by atoms with E-state index in [9.17, 15) is 9.59 Å². The molecule has 1 fully saturated rings. The number of aromatic amines is 1. The minimum absolute atomic E-state index is 0.103. The van der Waals surface area contributed by atoms with Gasteiger partial charge in [-0.1, -0.05) is 49.4 Å². The van der Waals surface area contributed by atoms with Gasteiger partial charge in [-0.15, -0.1) is 0 Å². The first-order chi connectivity index (χ1) is 16.1. The number of amides is 2. The molecule has 0 saturated carbocycles.